The molecule has 0 saturated heterocycles. The molecule has 0 spiro atoms. The monoisotopic (exact) mass is 514 g/mol. The van der Waals surface area contributed by atoms with E-state index in [2.05, 4.69) is 13.8 Å². The van der Waals surface area contributed by atoms with Crippen LogP contribution in [0.5, 0.6) is 0 Å². The van der Waals surface area contributed by atoms with Gasteiger partial charge in [-0.1, -0.05) is 123 Å². The van der Waals surface area contributed by atoms with E-state index in [1.54, 1.807) is 0 Å². The van der Waals surface area contributed by atoms with Crippen molar-refractivity contribution in [2.24, 2.45) is 5.73 Å². The standard InChI is InChI=1S/C30H62N2O4/c1-3-5-7-9-11-13-15-17-21-27(33)25-32(29(30(35)36)23-19-20-24-31)26-28(34)22-18-16-14-12-10-8-6-4-2/h27-29,33-34H,3-26,31H2,1-2H3,(H,35,36)/t27-,28-,29-/m0/s1. The molecule has 6 nitrogen and oxygen atoms in total. The molecular formula is C30H62N2O4. The smallest absolute Gasteiger partial charge is 0.320 e. The van der Waals surface area contributed by atoms with Gasteiger partial charge in [0.05, 0.1) is 12.2 Å². The predicted molar refractivity (Wildman–Crippen MR) is 152 cm³/mol. The molecule has 0 radical (unpaired) electrons. The Hall–Kier alpha value is -0.690. The van der Waals surface area contributed by atoms with Gasteiger partial charge in [0.15, 0.2) is 0 Å². The lowest BCUT2D eigenvalue weighted by Gasteiger charge is -2.32. The molecule has 0 bridgehead atoms. The van der Waals surface area contributed by atoms with Crippen molar-refractivity contribution in [1.82, 2.24) is 4.90 Å². The highest BCUT2D eigenvalue weighted by atomic mass is 16.4. The van der Waals surface area contributed by atoms with Gasteiger partial charge < -0.3 is 21.1 Å². The lowest BCUT2D eigenvalue weighted by molar-refractivity contribution is -0.144. The molecule has 6 heteroatoms. The lowest BCUT2D eigenvalue weighted by Crippen LogP contribution is -2.48. The van der Waals surface area contributed by atoms with Gasteiger partial charge in [-0.25, -0.2) is 0 Å². The Balaban J connectivity index is 4.55. The summed E-state index contributed by atoms with van der Waals surface area (Å²) in [6.45, 7) is 5.63. The summed E-state index contributed by atoms with van der Waals surface area (Å²) < 4.78 is 0. The second-order valence-electron chi connectivity index (χ2n) is 10.9. The minimum absolute atomic E-state index is 0.310. The minimum atomic E-state index is -0.870. The third kappa shape index (κ3) is 21.4. The fourth-order valence-electron chi connectivity index (χ4n) is 5.02. The van der Waals surface area contributed by atoms with Gasteiger partial charge in [0.1, 0.15) is 6.04 Å². The van der Waals surface area contributed by atoms with Crippen molar-refractivity contribution in [2.75, 3.05) is 19.6 Å². The van der Waals surface area contributed by atoms with Gasteiger partial charge in [-0.15, -0.1) is 0 Å². The van der Waals surface area contributed by atoms with Gasteiger partial charge in [-0.2, -0.15) is 0 Å². The number of aliphatic hydroxyl groups is 2. The van der Waals surface area contributed by atoms with Crippen LogP contribution in [0, 0.1) is 0 Å². The topological polar surface area (TPSA) is 107 Å². The first-order valence-corrected chi connectivity index (χ1v) is 15.5. The first-order valence-electron chi connectivity index (χ1n) is 15.5. The maximum atomic E-state index is 12.1. The molecule has 0 aliphatic carbocycles. The molecule has 0 unspecified atom stereocenters. The van der Waals surface area contributed by atoms with Crippen LogP contribution in [-0.4, -0.2) is 64.1 Å². The Kier molecular flexibility index (Phi) is 25.4. The number of hydrogen-bond donors (Lipinski definition) is 4. The van der Waals surface area contributed by atoms with Crippen molar-refractivity contribution < 1.29 is 20.1 Å². The Morgan fingerprint density at radius 1 is 0.611 bits per heavy atom. The number of carbonyl (C=O) groups is 1. The van der Waals surface area contributed by atoms with Crippen LogP contribution >= 0.6 is 0 Å². The maximum absolute atomic E-state index is 12.1. The Labute approximate surface area is 223 Å². The zero-order valence-corrected chi connectivity index (χ0v) is 24.0. The number of nitrogens with two attached hydrogens (primary N) is 1. The summed E-state index contributed by atoms with van der Waals surface area (Å²) in [7, 11) is 0. The van der Waals surface area contributed by atoms with E-state index in [0.717, 1.165) is 38.5 Å². The van der Waals surface area contributed by atoms with E-state index in [4.69, 9.17) is 5.73 Å². The molecule has 0 aromatic heterocycles. The first kappa shape index (κ1) is 35.3. The van der Waals surface area contributed by atoms with Crippen molar-refractivity contribution in [3.05, 3.63) is 0 Å². The normalized spacial score (nSPS) is 14.3. The fraction of sp³-hybridized carbons (Fsp3) is 0.967. The summed E-state index contributed by atoms with van der Waals surface area (Å²) in [5, 5.41) is 31.3. The van der Waals surface area contributed by atoms with E-state index in [1.807, 2.05) is 4.90 Å². The van der Waals surface area contributed by atoms with E-state index in [0.29, 0.717) is 38.9 Å². The summed E-state index contributed by atoms with van der Waals surface area (Å²) in [6, 6.07) is -0.682. The zero-order valence-electron chi connectivity index (χ0n) is 24.0. The van der Waals surface area contributed by atoms with Crippen molar-refractivity contribution in [1.29, 1.82) is 0 Å². The molecule has 0 aromatic rings. The number of hydrogen-bond acceptors (Lipinski definition) is 5. The molecule has 0 aliphatic rings. The van der Waals surface area contributed by atoms with Gasteiger partial charge in [-0.05, 0) is 32.2 Å². The number of aliphatic carboxylic acids is 1. The molecule has 0 amide bonds. The number of unbranched alkanes of at least 4 members (excludes halogenated alkanes) is 15. The van der Waals surface area contributed by atoms with Crippen LogP contribution < -0.4 is 5.73 Å². The highest BCUT2D eigenvalue weighted by Gasteiger charge is 2.28. The summed E-state index contributed by atoms with van der Waals surface area (Å²) in [6.07, 6.45) is 21.8. The SMILES string of the molecule is CCCCCCCCCC[C@H](O)CN(C[C@@H](O)CCCCCCCCCC)[C@@H](CCCCN)C(=O)O. The van der Waals surface area contributed by atoms with Gasteiger partial charge in [0.2, 0.25) is 0 Å². The molecular weight excluding hydrogens is 452 g/mol. The number of rotatable bonds is 28. The van der Waals surface area contributed by atoms with Gasteiger partial charge in [0.25, 0.3) is 0 Å². The second kappa shape index (κ2) is 25.9. The Bertz CT molecular complexity index is 450. The molecule has 0 aliphatic heterocycles. The second-order valence-corrected chi connectivity index (χ2v) is 10.9. The number of carboxylic acids is 1. The average molecular weight is 515 g/mol. The third-order valence-electron chi connectivity index (χ3n) is 7.33. The zero-order chi connectivity index (χ0) is 26.9. The Morgan fingerprint density at radius 3 is 1.33 bits per heavy atom. The van der Waals surface area contributed by atoms with E-state index in [1.165, 1.54) is 77.0 Å². The molecule has 216 valence electrons. The number of aliphatic hydroxyl groups excluding tert-OH is 2. The van der Waals surface area contributed by atoms with Gasteiger partial charge >= 0.3 is 5.97 Å². The lowest BCUT2D eigenvalue weighted by atomic mass is 10.0. The minimum Gasteiger partial charge on any atom is -0.480 e. The van der Waals surface area contributed by atoms with Crippen LogP contribution in [0.15, 0.2) is 0 Å². The maximum Gasteiger partial charge on any atom is 0.320 e. The van der Waals surface area contributed by atoms with E-state index in [9.17, 15) is 20.1 Å². The van der Waals surface area contributed by atoms with Gasteiger partial charge in [0, 0.05) is 13.1 Å². The number of carboxylic acid groups (broad SMARTS) is 1. The van der Waals surface area contributed by atoms with Crippen LogP contribution in [0.25, 0.3) is 0 Å². The average Bonchev–Trinajstić information content (AvgIpc) is 2.84. The van der Waals surface area contributed by atoms with E-state index in [-0.39, 0.29) is 0 Å². The Morgan fingerprint density at radius 2 is 0.972 bits per heavy atom. The molecule has 36 heavy (non-hydrogen) atoms. The van der Waals surface area contributed by atoms with Crippen LogP contribution in [-0.2, 0) is 4.79 Å². The van der Waals surface area contributed by atoms with E-state index < -0.39 is 24.2 Å². The summed E-state index contributed by atoms with van der Waals surface area (Å²) in [4.78, 5) is 13.9. The largest absolute Gasteiger partial charge is 0.480 e. The van der Waals surface area contributed by atoms with Crippen LogP contribution in [0.4, 0.5) is 0 Å². The quantitative estimate of drug-likeness (QED) is 0.0870. The molecule has 0 rings (SSSR count). The molecule has 0 saturated carbocycles. The highest BCUT2D eigenvalue weighted by molar-refractivity contribution is 5.73. The van der Waals surface area contributed by atoms with Crippen molar-refractivity contribution >= 4 is 5.97 Å². The summed E-state index contributed by atoms with van der Waals surface area (Å²) in [5.74, 6) is -0.870. The summed E-state index contributed by atoms with van der Waals surface area (Å²) >= 11 is 0. The third-order valence-corrected chi connectivity index (χ3v) is 7.33. The molecule has 0 heterocycles. The predicted octanol–water partition coefficient (Wildman–Crippen LogP) is 6.65. The van der Waals surface area contributed by atoms with Crippen LogP contribution in [0.1, 0.15) is 149 Å². The first-order chi connectivity index (χ1) is 17.5. The molecule has 5 N–H and O–H groups in total. The molecule has 0 aromatic carbocycles. The van der Waals surface area contributed by atoms with Gasteiger partial charge in [-0.3, -0.25) is 9.69 Å². The van der Waals surface area contributed by atoms with Crippen molar-refractivity contribution in [3.8, 4) is 0 Å². The van der Waals surface area contributed by atoms with Crippen molar-refractivity contribution in [3.63, 3.8) is 0 Å². The van der Waals surface area contributed by atoms with Crippen LogP contribution in [0.3, 0.4) is 0 Å². The highest BCUT2D eigenvalue weighted by Crippen LogP contribution is 2.17. The van der Waals surface area contributed by atoms with Crippen molar-refractivity contribution in [2.45, 2.75) is 167 Å². The molecule has 3 atom stereocenters. The van der Waals surface area contributed by atoms with Crippen LogP contribution in [0.2, 0.25) is 0 Å². The molecule has 0 fully saturated rings. The fourth-order valence-corrected chi connectivity index (χ4v) is 5.02. The number of nitrogens with zero attached hydrogens (tertiary/aromatic N) is 1. The summed E-state index contributed by atoms with van der Waals surface area (Å²) in [5.41, 5.74) is 5.61. The van der Waals surface area contributed by atoms with E-state index >= 15 is 0 Å².